The van der Waals surface area contributed by atoms with E-state index < -0.39 is 0 Å². The van der Waals surface area contributed by atoms with Gasteiger partial charge >= 0.3 is 0 Å². The number of H-pyrrole nitrogens is 1. The minimum Gasteiger partial charge on any atom is -0.493 e. The Morgan fingerprint density at radius 3 is 2.69 bits per heavy atom. The number of hydrogen-bond acceptors (Lipinski definition) is 6. The molecule has 1 aliphatic rings. The molecule has 1 atom stereocenters. The Labute approximate surface area is 169 Å². The van der Waals surface area contributed by atoms with E-state index in [1.807, 2.05) is 12.1 Å². The van der Waals surface area contributed by atoms with Gasteiger partial charge in [0.05, 0.1) is 25.9 Å². The maximum Gasteiger partial charge on any atom is 0.260 e. The molecule has 1 N–H and O–H groups in total. The average molecular weight is 394 g/mol. The number of aromatic amines is 1. The summed E-state index contributed by atoms with van der Waals surface area (Å²) < 4.78 is 10.9. The summed E-state index contributed by atoms with van der Waals surface area (Å²) in [6.07, 6.45) is 3.25. The van der Waals surface area contributed by atoms with Crippen LogP contribution in [0.5, 0.6) is 11.5 Å². The number of aromatic nitrogens is 3. The van der Waals surface area contributed by atoms with Crippen LogP contribution in [0.4, 0.5) is 0 Å². The minimum atomic E-state index is -0.152. The minimum absolute atomic E-state index is 0.152. The highest BCUT2D eigenvalue weighted by atomic mass is 16.5. The van der Waals surface area contributed by atoms with Crippen molar-refractivity contribution in [1.29, 1.82) is 0 Å². The van der Waals surface area contributed by atoms with Gasteiger partial charge in [-0.1, -0.05) is 6.92 Å². The lowest BCUT2D eigenvalue weighted by Crippen LogP contribution is -2.34. The van der Waals surface area contributed by atoms with Gasteiger partial charge in [0.1, 0.15) is 0 Å². The molecule has 152 valence electrons. The SMILES string of the molecule is COc1cc2c(cc1OC)CN(CC(C)Cc1ccc3c(=O)[nH]cnc3n1)CC2. The molecule has 0 saturated heterocycles. The summed E-state index contributed by atoms with van der Waals surface area (Å²) >= 11 is 0. The first kappa shape index (κ1) is 19.4. The van der Waals surface area contributed by atoms with Gasteiger partial charge in [-0.3, -0.25) is 9.69 Å². The van der Waals surface area contributed by atoms with Gasteiger partial charge < -0.3 is 14.5 Å². The lowest BCUT2D eigenvalue weighted by molar-refractivity contribution is 0.218. The second kappa shape index (κ2) is 8.21. The first-order chi connectivity index (χ1) is 14.1. The summed E-state index contributed by atoms with van der Waals surface area (Å²) in [6.45, 7) is 5.15. The molecule has 29 heavy (non-hydrogen) atoms. The van der Waals surface area contributed by atoms with Crippen LogP contribution in [0.3, 0.4) is 0 Å². The first-order valence-electron chi connectivity index (χ1n) is 9.87. The van der Waals surface area contributed by atoms with Crippen LogP contribution in [0.25, 0.3) is 11.0 Å². The average Bonchev–Trinajstić information content (AvgIpc) is 2.72. The molecule has 7 heteroatoms. The van der Waals surface area contributed by atoms with Gasteiger partial charge in [0.2, 0.25) is 0 Å². The Morgan fingerprint density at radius 1 is 1.17 bits per heavy atom. The van der Waals surface area contributed by atoms with E-state index >= 15 is 0 Å². The van der Waals surface area contributed by atoms with Gasteiger partial charge in [0, 0.05) is 25.3 Å². The number of nitrogens with zero attached hydrogens (tertiary/aromatic N) is 3. The maximum absolute atomic E-state index is 11.8. The van der Waals surface area contributed by atoms with E-state index in [2.05, 4.69) is 38.9 Å². The molecule has 1 aliphatic heterocycles. The van der Waals surface area contributed by atoms with Crippen LogP contribution < -0.4 is 15.0 Å². The van der Waals surface area contributed by atoms with Crippen molar-refractivity contribution in [2.75, 3.05) is 27.3 Å². The third kappa shape index (κ3) is 4.10. The van der Waals surface area contributed by atoms with Crippen molar-refractivity contribution in [2.24, 2.45) is 5.92 Å². The molecule has 1 aromatic carbocycles. The molecular formula is C22H26N4O3. The van der Waals surface area contributed by atoms with E-state index in [1.165, 1.54) is 17.5 Å². The highest BCUT2D eigenvalue weighted by Gasteiger charge is 2.21. The molecule has 2 aromatic heterocycles. The summed E-state index contributed by atoms with van der Waals surface area (Å²) in [7, 11) is 3.35. The van der Waals surface area contributed by atoms with E-state index in [-0.39, 0.29) is 5.56 Å². The second-order valence-corrected chi connectivity index (χ2v) is 7.68. The third-order valence-corrected chi connectivity index (χ3v) is 5.48. The van der Waals surface area contributed by atoms with Crippen molar-refractivity contribution < 1.29 is 9.47 Å². The van der Waals surface area contributed by atoms with Crippen LogP contribution in [0.2, 0.25) is 0 Å². The largest absolute Gasteiger partial charge is 0.493 e. The van der Waals surface area contributed by atoms with Crippen molar-refractivity contribution in [3.05, 3.63) is 57.8 Å². The zero-order valence-electron chi connectivity index (χ0n) is 17.1. The molecule has 0 fully saturated rings. The van der Waals surface area contributed by atoms with E-state index in [0.29, 0.717) is 17.0 Å². The van der Waals surface area contributed by atoms with Crippen LogP contribution in [0.15, 0.2) is 35.4 Å². The van der Waals surface area contributed by atoms with E-state index in [0.717, 1.165) is 49.7 Å². The fraction of sp³-hybridized carbons (Fsp3) is 0.409. The molecule has 0 bridgehead atoms. The molecular weight excluding hydrogens is 368 g/mol. The van der Waals surface area contributed by atoms with Gasteiger partial charge in [-0.05, 0) is 54.2 Å². The summed E-state index contributed by atoms with van der Waals surface area (Å²) in [5.74, 6) is 2.01. The third-order valence-electron chi connectivity index (χ3n) is 5.48. The van der Waals surface area contributed by atoms with Gasteiger partial charge in [0.25, 0.3) is 5.56 Å². The number of rotatable bonds is 6. The van der Waals surface area contributed by atoms with Gasteiger partial charge in [-0.25, -0.2) is 9.97 Å². The fourth-order valence-corrected chi connectivity index (χ4v) is 4.07. The van der Waals surface area contributed by atoms with Crippen molar-refractivity contribution in [3.8, 4) is 11.5 Å². The van der Waals surface area contributed by atoms with Crippen LogP contribution in [0.1, 0.15) is 23.7 Å². The van der Waals surface area contributed by atoms with E-state index in [4.69, 9.17) is 9.47 Å². The van der Waals surface area contributed by atoms with Crippen molar-refractivity contribution in [1.82, 2.24) is 19.9 Å². The van der Waals surface area contributed by atoms with E-state index in [1.54, 1.807) is 14.2 Å². The summed E-state index contributed by atoms with van der Waals surface area (Å²) in [4.78, 5) is 25.6. The van der Waals surface area contributed by atoms with Crippen LogP contribution in [0, 0.1) is 5.92 Å². The van der Waals surface area contributed by atoms with Gasteiger partial charge in [-0.2, -0.15) is 0 Å². The Bertz CT molecular complexity index is 1080. The molecule has 3 aromatic rings. The number of benzene rings is 1. The maximum atomic E-state index is 11.8. The molecule has 4 rings (SSSR count). The van der Waals surface area contributed by atoms with Crippen molar-refractivity contribution >= 4 is 11.0 Å². The van der Waals surface area contributed by atoms with Gasteiger partial charge in [-0.15, -0.1) is 0 Å². The number of pyridine rings is 1. The number of nitrogens with one attached hydrogen (secondary N) is 1. The number of hydrogen-bond donors (Lipinski definition) is 1. The van der Waals surface area contributed by atoms with Crippen molar-refractivity contribution in [3.63, 3.8) is 0 Å². The molecule has 1 unspecified atom stereocenters. The van der Waals surface area contributed by atoms with Crippen LogP contribution in [-0.4, -0.2) is 47.2 Å². The molecule has 7 nitrogen and oxygen atoms in total. The van der Waals surface area contributed by atoms with Crippen LogP contribution >= 0.6 is 0 Å². The summed E-state index contributed by atoms with van der Waals surface area (Å²) in [6, 6.07) is 7.94. The summed E-state index contributed by atoms with van der Waals surface area (Å²) in [5.41, 5.74) is 3.95. The fourth-order valence-electron chi connectivity index (χ4n) is 4.07. The lowest BCUT2D eigenvalue weighted by Gasteiger charge is -2.31. The molecule has 0 saturated carbocycles. The molecule has 3 heterocycles. The van der Waals surface area contributed by atoms with Crippen molar-refractivity contribution in [2.45, 2.75) is 26.3 Å². The topological polar surface area (TPSA) is 80.3 Å². The highest BCUT2D eigenvalue weighted by Crippen LogP contribution is 2.33. The normalized spacial score (nSPS) is 15.1. The van der Waals surface area contributed by atoms with E-state index in [9.17, 15) is 4.79 Å². The Kier molecular flexibility index (Phi) is 5.49. The quantitative estimate of drug-likeness (QED) is 0.692. The van der Waals surface area contributed by atoms with Crippen LogP contribution in [-0.2, 0) is 19.4 Å². The summed E-state index contributed by atoms with van der Waals surface area (Å²) in [5, 5.41) is 0.529. The predicted octanol–water partition coefficient (Wildman–Crippen LogP) is 2.57. The Balaban J connectivity index is 1.43. The zero-order valence-corrected chi connectivity index (χ0v) is 17.1. The molecule has 0 amide bonds. The van der Waals surface area contributed by atoms with Gasteiger partial charge in [0.15, 0.2) is 17.1 Å². The predicted molar refractivity (Wildman–Crippen MR) is 112 cm³/mol. The molecule has 0 aliphatic carbocycles. The number of fused-ring (bicyclic) bond motifs is 2. The lowest BCUT2D eigenvalue weighted by atomic mass is 9.97. The Morgan fingerprint density at radius 2 is 1.93 bits per heavy atom. The molecule has 0 spiro atoms. The number of ether oxygens (including phenoxy) is 2. The first-order valence-corrected chi connectivity index (χ1v) is 9.87. The number of methoxy groups -OCH3 is 2. The highest BCUT2D eigenvalue weighted by molar-refractivity contribution is 5.72. The second-order valence-electron chi connectivity index (χ2n) is 7.68. The monoisotopic (exact) mass is 394 g/mol. The Hall–Kier alpha value is -2.93. The smallest absolute Gasteiger partial charge is 0.260 e. The zero-order chi connectivity index (χ0) is 20.4. The molecule has 0 radical (unpaired) electrons. The standard InChI is InChI=1S/C22H26N4O3/c1-14(8-17-4-5-18-21(25-17)23-13-24-22(18)27)11-26-7-6-15-9-19(28-2)20(29-3)10-16(15)12-26/h4-5,9-10,13-14H,6-8,11-12H2,1-3H3,(H,23,24,25,27).